The van der Waals surface area contributed by atoms with Gasteiger partial charge in [0.2, 0.25) is 0 Å². The van der Waals surface area contributed by atoms with Crippen LogP contribution in [0.25, 0.3) is 32.7 Å². The van der Waals surface area contributed by atoms with Crippen molar-refractivity contribution in [3.63, 3.8) is 0 Å². The first-order chi connectivity index (χ1) is 18.5. The molecule has 4 aromatic carbocycles. The minimum absolute atomic E-state index is 0.0860. The molecule has 0 fully saturated rings. The van der Waals surface area contributed by atoms with Crippen LogP contribution >= 0.6 is 31.9 Å². The second-order valence-corrected chi connectivity index (χ2v) is 12.3. The van der Waals surface area contributed by atoms with Crippen LogP contribution in [-0.2, 0) is 30.9 Å². The number of fused-ring (bicyclic) bond motifs is 2. The second-order valence-electron chi connectivity index (χ2n) is 8.13. The van der Waals surface area contributed by atoms with Gasteiger partial charge in [-0.3, -0.25) is 0 Å². The first-order valence-corrected chi connectivity index (χ1v) is 15.8. The summed E-state index contributed by atoms with van der Waals surface area (Å²) in [6.07, 6.45) is 0. The average Bonchev–Trinajstić information content (AvgIpc) is 2.85. The molecule has 214 valence electrons. The molecule has 4 rings (SSSR count). The van der Waals surface area contributed by atoms with Crippen molar-refractivity contribution in [2.75, 3.05) is 0 Å². The van der Waals surface area contributed by atoms with Gasteiger partial charge in [-0.1, -0.05) is 80.4 Å². The molecule has 0 amide bonds. The zero-order valence-corrected chi connectivity index (χ0v) is 24.3. The van der Waals surface area contributed by atoms with Crippen LogP contribution in [-0.4, -0.2) is 27.9 Å². The summed E-state index contributed by atoms with van der Waals surface area (Å²) >= 11 is 6.32. The van der Waals surface area contributed by atoms with Crippen molar-refractivity contribution < 1.29 is 51.5 Å². The van der Waals surface area contributed by atoms with Crippen LogP contribution in [0.3, 0.4) is 0 Å². The average molecular weight is 736 g/mol. The standard InChI is InChI=1S/C24H14Br2F6O6S2/c25-11-17-19(37-39(33,34)23(27,28)29)9-13-5-1-3-7-15(13)21(17)22-16-8-4-2-6-14(16)10-20(18(22)12-26)38-40(35,36)24(30,31)32/h1-10H,11-12H2. The van der Waals surface area contributed by atoms with Gasteiger partial charge in [0.15, 0.2) is 0 Å². The topological polar surface area (TPSA) is 86.7 Å². The van der Waals surface area contributed by atoms with Gasteiger partial charge in [-0.05, 0) is 44.8 Å². The summed E-state index contributed by atoms with van der Waals surface area (Å²) in [6.45, 7) is 0. The Morgan fingerprint density at radius 2 is 0.925 bits per heavy atom. The van der Waals surface area contributed by atoms with E-state index in [1.165, 1.54) is 24.3 Å². The van der Waals surface area contributed by atoms with Crippen LogP contribution in [0.1, 0.15) is 11.1 Å². The van der Waals surface area contributed by atoms with E-state index in [1.807, 2.05) is 0 Å². The highest BCUT2D eigenvalue weighted by Gasteiger charge is 2.50. The van der Waals surface area contributed by atoms with Gasteiger partial charge >= 0.3 is 31.3 Å². The Bertz CT molecular complexity index is 1700. The molecule has 0 radical (unpaired) electrons. The maximum atomic E-state index is 13.2. The maximum Gasteiger partial charge on any atom is 0.534 e. The van der Waals surface area contributed by atoms with Gasteiger partial charge in [-0.15, -0.1) is 0 Å². The summed E-state index contributed by atoms with van der Waals surface area (Å²) in [5.74, 6) is -1.39. The minimum Gasteiger partial charge on any atom is -0.376 e. The van der Waals surface area contributed by atoms with Crippen LogP contribution in [0.5, 0.6) is 11.5 Å². The lowest BCUT2D eigenvalue weighted by Crippen LogP contribution is -2.28. The third kappa shape index (κ3) is 5.50. The molecular formula is C24H14Br2F6O6S2. The van der Waals surface area contributed by atoms with E-state index in [9.17, 15) is 43.2 Å². The van der Waals surface area contributed by atoms with Gasteiger partial charge in [-0.2, -0.15) is 43.2 Å². The van der Waals surface area contributed by atoms with Crippen LogP contribution in [0.4, 0.5) is 26.3 Å². The molecular weight excluding hydrogens is 722 g/mol. The van der Waals surface area contributed by atoms with Crippen molar-refractivity contribution in [2.45, 2.75) is 21.7 Å². The zero-order valence-electron chi connectivity index (χ0n) is 19.5. The van der Waals surface area contributed by atoms with Gasteiger partial charge in [0.05, 0.1) is 0 Å². The lowest BCUT2D eigenvalue weighted by atomic mass is 9.87. The third-order valence-electron chi connectivity index (χ3n) is 5.72. The van der Waals surface area contributed by atoms with Crippen molar-refractivity contribution in [3.8, 4) is 22.6 Å². The molecule has 40 heavy (non-hydrogen) atoms. The molecule has 16 heteroatoms. The molecule has 0 N–H and O–H groups in total. The summed E-state index contributed by atoms with van der Waals surface area (Å²) in [4.78, 5) is 0. The minimum atomic E-state index is -6.12. The van der Waals surface area contributed by atoms with Crippen LogP contribution in [0, 0.1) is 0 Å². The Hall–Kier alpha value is -2.56. The summed E-state index contributed by atoms with van der Waals surface area (Å²) < 4.78 is 136. The molecule has 0 saturated heterocycles. The molecule has 0 aromatic heterocycles. The normalized spacial score (nSPS) is 13.1. The van der Waals surface area contributed by atoms with Crippen molar-refractivity contribution in [3.05, 3.63) is 71.8 Å². The van der Waals surface area contributed by atoms with Crippen LogP contribution < -0.4 is 8.37 Å². The molecule has 4 aromatic rings. The Morgan fingerprint density at radius 3 is 1.23 bits per heavy atom. The lowest BCUT2D eigenvalue weighted by Gasteiger charge is -2.22. The molecule has 0 aliphatic rings. The number of halogens is 8. The summed E-state index contributed by atoms with van der Waals surface area (Å²) in [6, 6.07) is 14.5. The Labute approximate surface area is 240 Å². The molecule has 0 aliphatic carbocycles. The summed E-state index contributed by atoms with van der Waals surface area (Å²) in [5.41, 5.74) is -11.5. The zero-order chi connectivity index (χ0) is 29.7. The molecule has 0 spiro atoms. The highest BCUT2D eigenvalue weighted by atomic mass is 79.9. The van der Waals surface area contributed by atoms with E-state index in [-0.39, 0.29) is 43.7 Å². The highest BCUT2D eigenvalue weighted by Crippen LogP contribution is 2.48. The van der Waals surface area contributed by atoms with E-state index in [1.54, 1.807) is 24.3 Å². The van der Waals surface area contributed by atoms with Gasteiger partial charge in [0.1, 0.15) is 11.5 Å². The number of hydrogen-bond donors (Lipinski definition) is 0. The van der Waals surface area contributed by atoms with Crippen molar-refractivity contribution in [1.29, 1.82) is 0 Å². The number of alkyl halides is 8. The lowest BCUT2D eigenvalue weighted by molar-refractivity contribution is -0.0505. The SMILES string of the molecule is O=S(=O)(Oc1cc2ccccc2c(-c2c(CBr)c(OS(=O)(=O)C(F)(F)F)cc3ccccc23)c1CBr)C(F)(F)F. The predicted molar refractivity (Wildman–Crippen MR) is 143 cm³/mol. The molecule has 0 aliphatic heterocycles. The van der Waals surface area contributed by atoms with E-state index >= 15 is 0 Å². The first kappa shape index (κ1) is 30.4. The Morgan fingerprint density at radius 1 is 0.600 bits per heavy atom. The van der Waals surface area contributed by atoms with Crippen LogP contribution in [0.2, 0.25) is 0 Å². The van der Waals surface area contributed by atoms with E-state index in [4.69, 9.17) is 0 Å². The summed E-state index contributed by atoms with van der Waals surface area (Å²) in [7, 11) is -12.2. The molecule has 0 saturated carbocycles. The maximum absolute atomic E-state index is 13.2. The highest BCUT2D eigenvalue weighted by molar-refractivity contribution is 9.08. The molecule has 0 bridgehead atoms. The van der Waals surface area contributed by atoms with Crippen molar-refractivity contribution in [2.24, 2.45) is 0 Å². The Balaban J connectivity index is 2.18. The quantitative estimate of drug-likeness (QED) is 0.0831. The Kier molecular flexibility index (Phi) is 8.12. The van der Waals surface area contributed by atoms with Crippen molar-refractivity contribution >= 4 is 73.6 Å². The van der Waals surface area contributed by atoms with E-state index in [0.717, 1.165) is 12.1 Å². The largest absolute Gasteiger partial charge is 0.534 e. The fourth-order valence-corrected chi connectivity index (χ4v) is 6.12. The van der Waals surface area contributed by atoms with Gasteiger partial charge in [0, 0.05) is 21.8 Å². The molecule has 0 unspecified atom stereocenters. The van der Waals surface area contributed by atoms with Gasteiger partial charge in [-0.25, -0.2) is 0 Å². The van der Waals surface area contributed by atoms with Gasteiger partial charge in [0.25, 0.3) is 0 Å². The monoisotopic (exact) mass is 734 g/mol. The smallest absolute Gasteiger partial charge is 0.376 e. The first-order valence-electron chi connectivity index (χ1n) is 10.8. The summed E-state index contributed by atoms with van der Waals surface area (Å²) in [5, 5.41) is 0.644. The van der Waals surface area contributed by atoms with Gasteiger partial charge < -0.3 is 8.37 Å². The third-order valence-corrected chi connectivity index (χ3v) is 8.77. The van der Waals surface area contributed by atoms with E-state index in [0.29, 0.717) is 10.8 Å². The second kappa shape index (κ2) is 10.7. The molecule has 0 atom stereocenters. The van der Waals surface area contributed by atoms with Crippen molar-refractivity contribution in [1.82, 2.24) is 0 Å². The number of benzene rings is 4. The number of rotatable bonds is 7. The molecule has 6 nitrogen and oxygen atoms in total. The van der Waals surface area contributed by atoms with E-state index in [2.05, 4.69) is 40.2 Å². The predicted octanol–water partition coefficient (Wildman–Crippen LogP) is 7.91. The van der Waals surface area contributed by atoms with Crippen LogP contribution in [0.15, 0.2) is 60.7 Å². The van der Waals surface area contributed by atoms with E-state index < -0.39 is 42.8 Å². The molecule has 0 heterocycles. The fraction of sp³-hybridized carbons (Fsp3) is 0.167. The fourth-order valence-electron chi connectivity index (χ4n) is 4.05. The number of hydrogen-bond acceptors (Lipinski definition) is 6.